The average Bonchev–Trinajstić information content (AvgIpc) is 2.58. The van der Waals surface area contributed by atoms with Crippen molar-refractivity contribution in [3.63, 3.8) is 0 Å². The molecule has 0 bridgehead atoms. The van der Waals surface area contributed by atoms with Gasteiger partial charge in [-0.25, -0.2) is 12.8 Å². The highest BCUT2D eigenvalue weighted by Gasteiger charge is 2.32. The first kappa shape index (κ1) is 21.5. The molecule has 0 heterocycles. The molecule has 0 radical (unpaired) electrons. The lowest BCUT2D eigenvalue weighted by atomic mass is 10.1. The second kappa shape index (κ2) is 8.46. The van der Waals surface area contributed by atoms with Crippen molar-refractivity contribution in [2.45, 2.75) is 26.3 Å². The van der Waals surface area contributed by atoms with Crippen molar-refractivity contribution in [1.29, 1.82) is 0 Å². The van der Waals surface area contributed by atoms with Gasteiger partial charge in [0.25, 0.3) is 0 Å². The van der Waals surface area contributed by atoms with Crippen LogP contribution in [0.5, 0.6) is 0 Å². The molecule has 0 fully saturated rings. The first-order chi connectivity index (χ1) is 12.6. The van der Waals surface area contributed by atoms with Crippen LogP contribution in [0, 0.1) is 12.7 Å². The lowest BCUT2D eigenvalue weighted by molar-refractivity contribution is -0.117. The van der Waals surface area contributed by atoms with Crippen LogP contribution in [0.3, 0.4) is 0 Å². The van der Waals surface area contributed by atoms with Crippen molar-refractivity contribution in [2.24, 2.45) is 0 Å². The Balaban J connectivity index is 2.44. The summed E-state index contributed by atoms with van der Waals surface area (Å²) in [5.41, 5.74) is 1.25. The first-order valence-electron chi connectivity index (χ1n) is 8.06. The molecule has 2 rings (SSSR count). The number of carbonyl (C=O) groups is 1. The minimum absolute atomic E-state index is 0.105. The Hall–Kier alpha value is -1.83. The lowest BCUT2D eigenvalue weighted by Gasteiger charge is -2.30. The summed E-state index contributed by atoms with van der Waals surface area (Å²) in [4.78, 5) is 12.9. The number of sulfonamides is 1. The highest BCUT2D eigenvalue weighted by molar-refractivity contribution is 7.92. The summed E-state index contributed by atoms with van der Waals surface area (Å²) < 4.78 is 39.2. The van der Waals surface area contributed by atoms with Crippen LogP contribution in [0.4, 0.5) is 15.8 Å². The molecule has 146 valence electrons. The van der Waals surface area contributed by atoms with E-state index in [9.17, 15) is 17.6 Å². The number of hydrogen-bond donors (Lipinski definition) is 1. The van der Waals surface area contributed by atoms with Gasteiger partial charge in [-0.1, -0.05) is 36.2 Å². The molecule has 9 heteroatoms. The van der Waals surface area contributed by atoms with Crippen LogP contribution >= 0.6 is 23.2 Å². The molecule has 2 aromatic carbocycles. The number of nitrogens with zero attached hydrogens (tertiary/aromatic N) is 1. The maximum Gasteiger partial charge on any atom is 0.248 e. The summed E-state index contributed by atoms with van der Waals surface area (Å²) in [7, 11) is -3.85. The smallest absolute Gasteiger partial charge is 0.248 e. The van der Waals surface area contributed by atoms with Gasteiger partial charge < -0.3 is 5.32 Å². The Labute approximate surface area is 168 Å². The Kier molecular flexibility index (Phi) is 6.72. The number of nitrogens with one attached hydrogen (secondary N) is 1. The minimum atomic E-state index is -3.85. The summed E-state index contributed by atoms with van der Waals surface area (Å²) in [5.74, 6) is -1.21. The molecule has 0 unspecified atom stereocenters. The van der Waals surface area contributed by atoms with E-state index in [2.05, 4.69) is 5.32 Å². The summed E-state index contributed by atoms with van der Waals surface area (Å²) in [6.45, 7) is 3.42. The molecule has 5 nitrogen and oxygen atoms in total. The summed E-state index contributed by atoms with van der Waals surface area (Å²) >= 11 is 11.9. The normalized spacial score (nSPS) is 12.5. The predicted molar refractivity (Wildman–Crippen MR) is 108 cm³/mol. The largest absolute Gasteiger partial charge is 0.324 e. The van der Waals surface area contributed by atoms with Gasteiger partial charge in [-0.2, -0.15) is 0 Å². The SMILES string of the molecule is CC[C@@H](C(=O)Nc1cccc(Cl)c1C)N(c1ccc(F)c(Cl)c1)S(C)(=O)=O. The Bertz CT molecular complexity index is 967. The molecule has 0 aliphatic carbocycles. The van der Waals surface area contributed by atoms with E-state index in [4.69, 9.17) is 23.2 Å². The van der Waals surface area contributed by atoms with Crippen molar-refractivity contribution >= 4 is 50.5 Å². The highest BCUT2D eigenvalue weighted by atomic mass is 35.5. The highest BCUT2D eigenvalue weighted by Crippen LogP contribution is 2.28. The molecule has 0 aliphatic rings. The summed E-state index contributed by atoms with van der Waals surface area (Å²) in [6, 6.07) is 7.49. The van der Waals surface area contributed by atoms with Crippen LogP contribution in [0.15, 0.2) is 36.4 Å². The van der Waals surface area contributed by atoms with Crippen LogP contribution in [0.25, 0.3) is 0 Å². The zero-order valence-corrected chi connectivity index (χ0v) is 17.3. The standard InChI is InChI=1S/C18H19Cl2FN2O3S/c1-4-17(18(24)22-16-7-5-6-13(19)11(16)2)23(27(3,25)26)12-8-9-15(21)14(20)10-12/h5-10,17H,4H2,1-3H3,(H,22,24)/t17-/m0/s1. The fourth-order valence-corrected chi connectivity index (χ4v) is 4.19. The van der Waals surface area contributed by atoms with Crippen LogP contribution in [0.1, 0.15) is 18.9 Å². The second-order valence-electron chi connectivity index (χ2n) is 5.98. The van der Waals surface area contributed by atoms with E-state index in [-0.39, 0.29) is 17.1 Å². The molecule has 0 saturated carbocycles. The van der Waals surface area contributed by atoms with Gasteiger partial charge in [-0.15, -0.1) is 0 Å². The van der Waals surface area contributed by atoms with Crippen LogP contribution in [-0.2, 0) is 14.8 Å². The van der Waals surface area contributed by atoms with Crippen LogP contribution in [-0.4, -0.2) is 26.6 Å². The number of benzene rings is 2. The number of anilines is 2. The summed E-state index contributed by atoms with van der Waals surface area (Å²) in [6.07, 6.45) is 1.17. The third-order valence-electron chi connectivity index (χ3n) is 4.01. The average molecular weight is 433 g/mol. The van der Waals surface area contributed by atoms with E-state index in [1.807, 2.05) is 0 Å². The van der Waals surface area contributed by atoms with Gasteiger partial charge in [0.15, 0.2) is 0 Å². The van der Waals surface area contributed by atoms with E-state index >= 15 is 0 Å². The van der Waals surface area contributed by atoms with Crippen molar-refractivity contribution in [3.05, 3.63) is 57.8 Å². The maximum atomic E-state index is 13.5. The molecule has 0 saturated heterocycles. The number of hydrogen-bond acceptors (Lipinski definition) is 3. The number of halogens is 3. The monoisotopic (exact) mass is 432 g/mol. The third kappa shape index (κ3) is 4.91. The molecule has 0 aromatic heterocycles. The molecule has 27 heavy (non-hydrogen) atoms. The molecule has 0 aliphatic heterocycles. The molecule has 1 atom stereocenters. The van der Waals surface area contributed by atoms with Gasteiger partial charge in [0, 0.05) is 10.7 Å². The Morgan fingerprint density at radius 1 is 1.22 bits per heavy atom. The third-order valence-corrected chi connectivity index (χ3v) is 5.89. The molecular formula is C18H19Cl2FN2O3S. The number of carbonyl (C=O) groups excluding carboxylic acids is 1. The van der Waals surface area contributed by atoms with Gasteiger partial charge in [0.05, 0.1) is 17.0 Å². The van der Waals surface area contributed by atoms with Crippen molar-refractivity contribution in [1.82, 2.24) is 0 Å². The van der Waals surface area contributed by atoms with E-state index < -0.39 is 27.8 Å². The van der Waals surface area contributed by atoms with E-state index in [0.29, 0.717) is 16.3 Å². The van der Waals surface area contributed by atoms with Gasteiger partial charge in [0.2, 0.25) is 15.9 Å². The fraction of sp³-hybridized carbons (Fsp3) is 0.278. The predicted octanol–water partition coefficient (Wildman–Crippen LogP) is 4.62. The number of amides is 1. The van der Waals surface area contributed by atoms with Gasteiger partial charge >= 0.3 is 0 Å². The Morgan fingerprint density at radius 3 is 2.44 bits per heavy atom. The zero-order chi connectivity index (χ0) is 20.4. The lowest BCUT2D eigenvalue weighted by Crippen LogP contribution is -2.47. The minimum Gasteiger partial charge on any atom is -0.324 e. The fourth-order valence-electron chi connectivity index (χ4n) is 2.64. The van der Waals surface area contributed by atoms with Gasteiger partial charge in [0.1, 0.15) is 11.9 Å². The van der Waals surface area contributed by atoms with Gasteiger partial charge in [-0.05, 0) is 49.2 Å². The molecular weight excluding hydrogens is 414 g/mol. The van der Waals surface area contributed by atoms with Gasteiger partial charge in [-0.3, -0.25) is 9.10 Å². The number of rotatable bonds is 6. The molecule has 2 aromatic rings. The molecule has 0 spiro atoms. The molecule has 1 amide bonds. The quantitative estimate of drug-likeness (QED) is 0.723. The van der Waals surface area contributed by atoms with Crippen molar-refractivity contribution in [3.8, 4) is 0 Å². The van der Waals surface area contributed by atoms with Crippen LogP contribution in [0.2, 0.25) is 10.0 Å². The topological polar surface area (TPSA) is 66.5 Å². The Morgan fingerprint density at radius 2 is 1.89 bits per heavy atom. The van der Waals surface area contributed by atoms with Crippen molar-refractivity contribution < 1.29 is 17.6 Å². The van der Waals surface area contributed by atoms with Crippen molar-refractivity contribution in [2.75, 3.05) is 15.9 Å². The zero-order valence-electron chi connectivity index (χ0n) is 15.0. The first-order valence-corrected chi connectivity index (χ1v) is 10.7. The maximum absolute atomic E-state index is 13.5. The van der Waals surface area contributed by atoms with Crippen LogP contribution < -0.4 is 9.62 Å². The van der Waals surface area contributed by atoms with E-state index in [0.717, 1.165) is 16.6 Å². The van der Waals surface area contributed by atoms with E-state index in [1.54, 1.807) is 32.0 Å². The summed E-state index contributed by atoms with van der Waals surface area (Å²) in [5, 5.41) is 2.96. The molecule has 1 N–H and O–H groups in total. The second-order valence-corrected chi connectivity index (χ2v) is 8.66. The van der Waals surface area contributed by atoms with E-state index in [1.165, 1.54) is 12.1 Å².